The number of hydrogen-bond donors (Lipinski definition) is 1. The van der Waals surface area contributed by atoms with Gasteiger partial charge >= 0.3 is 0 Å². The molecule has 0 saturated carbocycles. The van der Waals surface area contributed by atoms with Gasteiger partial charge in [0, 0.05) is 5.69 Å². The van der Waals surface area contributed by atoms with Crippen LogP contribution in [0.2, 0.25) is 10.0 Å². The number of carbonyl (C=O) groups excluding carboxylic acids is 1. The summed E-state index contributed by atoms with van der Waals surface area (Å²) in [5, 5.41) is 3.65. The maximum Gasteiger partial charge on any atom is 0.265 e. The molecule has 5 heteroatoms. The number of benzene rings is 2. The van der Waals surface area contributed by atoms with Gasteiger partial charge in [0.25, 0.3) is 5.91 Å². The molecule has 2 rings (SSSR count). The molecule has 0 unspecified atom stereocenters. The van der Waals surface area contributed by atoms with E-state index in [-0.39, 0.29) is 5.91 Å². The minimum atomic E-state index is -0.578. The van der Waals surface area contributed by atoms with Gasteiger partial charge in [0.2, 0.25) is 0 Å². The highest BCUT2D eigenvalue weighted by atomic mass is 35.5. The second-order valence-electron chi connectivity index (χ2n) is 5.40. The van der Waals surface area contributed by atoms with Gasteiger partial charge in [-0.2, -0.15) is 0 Å². The Labute approximate surface area is 146 Å². The number of aryl methyl sites for hydroxylation is 2. The average molecular weight is 352 g/mol. The monoisotopic (exact) mass is 351 g/mol. The van der Waals surface area contributed by atoms with Crippen LogP contribution in [0.1, 0.15) is 24.5 Å². The molecule has 1 atom stereocenters. The molecule has 0 heterocycles. The first-order valence-electron chi connectivity index (χ1n) is 7.40. The third-order valence-corrected chi connectivity index (χ3v) is 4.19. The summed E-state index contributed by atoms with van der Waals surface area (Å²) < 4.78 is 5.87. The van der Waals surface area contributed by atoms with Gasteiger partial charge in [0.1, 0.15) is 5.75 Å². The van der Waals surface area contributed by atoms with Crippen molar-refractivity contribution in [3.05, 3.63) is 57.6 Å². The summed E-state index contributed by atoms with van der Waals surface area (Å²) in [7, 11) is 0. The van der Waals surface area contributed by atoms with Gasteiger partial charge in [-0.15, -0.1) is 0 Å². The van der Waals surface area contributed by atoms with E-state index < -0.39 is 6.10 Å². The first kappa shape index (κ1) is 17.6. The first-order valence-corrected chi connectivity index (χ1v) is 8.16. The van der Waals surface area contributed by atoms with E-state index in [2.05, 4.69) is 5.32 Å². The number of carbonyl (C=O) groups is 1. The van der Waals surface area contributed by atoms with Crippen molar-refractivity contribution in [1.82, 2.24) is 0 Å². The molecule has 2 aromatic carbocycles. The highest BCUT2D eigenvalue weighted by Crippen LogP contribution is 2.26. The lowest BCUT2D eigenvalue weighted by Crippen LogP contribution is -2.32. The number of halogens is 2. The van der Waals surface area contributed by atoms with Crippen molar-refractivity contribution in [3.63, 3.8) is 0 Å². The molecule has 0 aliphatic heterocycles. The molecule has 0 fully saturated rings. The molecule has 0 aliphatic carbocycles. The van der Waals surface area contributed by atoms with E-state index in [0.29, 0.717) is 27.9 Å². The summed E-state index contributed by atoms with van der Waals surface area (Å²) in [6.45, 7) is 5.89. The van der Waals surface area contributed by atoms with Crippen LogP contribution in [0.25, 0.3) is 0 Å². The molecule has 0 spiro atoms. The molecule has 2 aromatic rings. The smallest absolute Gasteiger partial charge is 0.265 e. The van der Waals surface area contributed by atoms with Crippen LogP contribution >= 0.6 is 23.2 Å². The Hall–Kier alpha value is -1.71. The van der Waals surface area contributed by atoms with E-state index in [1.165, 1.54) is 0 Å². The van der Waals surface area contributed by atoms with Gasteiger partial charge in [0.05, 0.1) is 10.0 Å². The van der Waals surface area contributed by atoms with Gasteiger partial charge in [-0.3, -0.25) is 4.79 Å². The van der Waals surface area contributed by atoms with Crippen molar-refractivity contribution in [2.75, 3.05) is 5.32 Å². The van der Waals surface area contributed by atoms with Crippen molar-refractivity contribution in [3.8, 4) is 5.75 Å². The second-order valence-corrected chi connectivity index (χ2v) is 6.22. The Kier molecular flexibility index (Phi) is 5.91. The van der Waals surface area contributed by atoms with Crippen LogP contribution in [-0.4, -0.2) is 12.0 Å². The summed E-state index contributed by atoms with van der Waals surface area (Å²) in [4.78, 5) is 12.4. The van der Waals surface area contributed by atoms with Crippen LogP contribution < -0.4 is 10.1 Å². The Bertz CT molecular complexity index is 716. The predicted molar refractivity (Wildman–Crippen MR) is 95.7 cm³/mol. The van der Waals surface area contributed by atoms with Crippen LogP contribution in [0.15, 0.2) is 36.4 Å². The topological polar surface area (TPSA) is 38.3 Å². The molecule has 0 bridgehead atoms. The Morgan fingerprint density at radius 1 is 1.13 bits per heavy atom. The molecular weight excluding hydrogens is 333 g/mol. The Morgan fingerprint density at radius 3 is 2.48 bits per heavy atom. The molecule has 23 heavy (non-hydrogen) atoms. The maximum absolute atomic E-state index is 12.4. The number of rotatable bonds is 5. The SMILES string of the molecule is CC[C@H](Oc1ccc(C)cc1C)C(=O)Nc1ccc(Cl)c(Cl)c1. The van der Waals surface area contributed by atoms with E-state index in [0.717, 1.165) is 11.1 Å². The molecule has 122 valence electrons. The third kappa shape index (κ3) is 4.63. The van der Waals surface area contributed by atoms with Crippen LogP contribution in [0.4, 0.5) is 5.69 Å². The summed E-state index contributed by atoms with van der Waals surface area (Å²) in [6, 6.07) is 10.8. The van der Waals surface area contributed by atoms with Gasteiger partial charge in [-0.05, 0) is 50.1 Å². The lowest BCUT2D eigenvalue weighted by Gasteiger charge is -2.19. The van der Waals surface area contributed by atoms with Crippen LogP contribution in [0.5, 0.6) is 5.75 Å². The van der Waals surface area contributed by atoms with E-state index in [1.807, 2.05) is 39.0 Å². The van der Waals surface area contributed by atoms with Crippen molar-refractivity contribution in [2.45, 2.75) is 33.3 Å². The van der Waals surface area contributed by atoms with Gasteiger partial charge in [0.15, 0.2) is 6.10 Å². The number of anilines is 1. The van der Waals surface area contributed by atoms with E-state index in [1.54, 1.807) is 18.2 Å². The molecule has 0 aromatic heterocycles. The zero-order valence-electron chi connectivity index (χ0n) is 13.3. The molecule has 1 amide bonds. The van der Waals surface area contributed by atoms with Crippen molar-refractivity contribution in [2.24, 2.45) is 0 Å². The lowest BCUT2D eigenvalue weighted by atomic mass is 10.1. The number of ether oxygens (including phenoxy) is 1. The highest BCUT2D eigenvalue weighted by Gasteiger charge is 2.19. The molecule has 0 radical (unpaired) electrons. The van der Waals surface area contributed by atoms with E-state index >= 15 is 0 Å². The number of nitrogens with one attached hydrogen (secondary N) is 1. The second kappa shape index (κ2) is 7.71. The number of hydrogen-bond acceptors (Lipinski definition) is 2. The fourth-order valence-corrected chi connectivity index (χ4v) is 2.50. The van der Waals surface area contributed by atoms with Crippen LogP contribution in [-0.2, 0) is 4.79 Å². The zero-order valence-corrected chi connectivity index (χ0v) is 14.8. The summed E-state index contributed by atoms with van der Waals surface area (Å²) in [5.41, 5.74) is 2.75. The summed E-state index contributed by atoms with van der Waals surface area (Å²) in [6.07, 6.45) is -0.0219. The van der Waals surface area contributed by atoms with Crippen molar-refractivity contribution < 1.29 is 9.53 Å². The standard InChI is InChI=1S/C18H19Cl2NO2/c1-4-16(23-17-8-5-11(2)9-12(17)3)18(22)21-13-6-7-14(19)15(20)10-13/h5-10,16H,4H2,1-3H3,(H,21,22)/t16-/m0/s1. The van der Waals surface area contributed by atoms with Crippen LogP contribution in [0, 0.1) is 13.8 Å². The zero-order chi connectivity index (χ0) is 17.0. The lowest BCUT2D eigenvalue weighted by molar-refractivity contribution is -0.122. The first-order chi connectivity index (χ1) is 10.9. The van der Waals surface area contributed by atoms with E-state index in [9.17, 15) is 4.79 Å². The molecule has 3 nitrogen and oxygen atoms in total. The van der Waals surface area contributed by atoms with Gasteiger partial charge in [-0.1, -0.05) is 47.8 Å². The maximum atomic E-state index is 12.4. The fourth-order valence-electron chi connectivity index (χ4n) is 2.20. The summed E-state index contributed by atoms with van der Waals surface area (Å²) >= 11 is 11.8. The largest absolute Gasteiger partial charge is 0.480 e. The normalized spacial score (nSPS) is 11.9. The minimum Gasteiger partial charge on any atom is -0.480 e. The van der Waals surface area contributed by atoms with Crippen molar-refractivity contribution >= 4 is 34.8 Å². The summed E-state index contributed by atoms with van der Waals surface area (Å²) in [5.74, 6) is 0.498. The predicted octanol–water partition coefficient (Wildman–Crippen LogP) is 5.41. The Balaban J connectivity index is 2.10. The molecule has 0 aliphatic rings. The fraction of sp³-hybridized carbons (Fsp3) is 0.278. The number of amides is 1. The van der Waals surface area contributed by atoms with Gasteiger partial charge < -0.3 is 10.1 Å². The molecular formula is C18H19Cl2NO2. The van der Waals surface area contributed by atoms with Crippen molar-refractivity contribution in [1.29, 1.82) is 0 Å². The van der Waals surface area contributed by atoms with Crippen LogP contribution in [0.3, 0.4) is 0 Å². The quantitative estimate of drug-likeness (QED) is 0.782. The van der Waals surface area contributed by atoms with Gasteiger partial charge in [-0.25, -0.2) is 0 Å². The highest BCUT2D eigenvalue weighted by molar-refractivity contribution is 6.42. The average Bonchev–Trinajstić information content (AvgIpc) is 2.50. The molecule has 0 saturated heterocycles. The molecule has 1 N–H and O–H groups in total. The Morgan fingerprint density at radius 2 is 1.87 bits per heavy atom. The third-order valence-electron chi connectivity index (χ3n) is 3.45. The van der Waals surface area contributed by atoms with E-state index in [4.69, 9.17) is 27.9 Å². The minimum absolute atomic E-state index is 0.217.